The fraction of sp³-hybridized carbons (Fsp3) is 0.333. The van der Waals surface area contributed by atoms with E-state index < -0.39 is 0 Å². The van der Waals surface area contributed by atoms with Crippen LogP contribution >= 0.6 is 28.1 Å². The van der Waals surface area contributed by atoms with Gasteiger partial charge in [0, 0.05) is 16.2 Å². The minimum Gasteiger partial charge on any atom is -0.496 e. The van der Waals surface area contributed by atoms with Gasteiger partial charge in [-0.25, -0.2) is 0 Å². The summed E-state index contributed by atoms with van der Waals surface area (Å²) in [5, 5.41) is 5.89. The minimum atomic E-state index is -0.348. The molecule has 0 saturated carbocycles. The van der Waals surface area contributed by atoms with Gasteiger partial charge in [-0.05, 0) is 49.0 Å². The zero-order chi connectivity index (χ0) is 20.4. The summed E-state index contributed by atoms with van der Waals surface area (Å²) in [5.74, 6) is 0.894. The first-order valence-electron chi connectivity index (χ1n) is 9.22. The lowest BCUT2D eigenvalue weighted by Crippen LogP contribution is -2.34. The van der Waals surface area contributed by atoms with Crippen molar-refractivity contribution in [3.05, 3.63) is 52.5 Å². The molecule has 1 amide bonds. The molecule has 0 aromatic heterocycles. The topological polar surface area (TPSA) is 59.6 Å². The van der Waals surface area contributed by atoms with Crippen molar-refractivity contribution in [3.8, 4) is 11.5 Å². The fourth-order valence-corrected chi connectivity index (χ4v) is 3.14. The van der Waals surface area contributed by atoms with E-state index >= 15 is 0 Å². The molecule has 0 aliphatic rings. The zero-order valence-electron chi connectivity index (χ0n) is 16.1. The highest BCUT2D eigenvalue weighted by atomic mass is 79.9. The monoisotopic (exact) mass is 464 g/mol. The number of carbonyl (C=O) groups is 1. The largest absolute Gasteiger partial charge is 0.496 e. The van der Waals surface area contributed by atoms with Crippen LogP contribution in [0.2, 0.25) is 0 Å². The summed E-state index contributed by atoms with van der Waals surface area (Å²) in [6.45, 7) is 2.87. The number of benzene rings is 2. The second-order valence-corrected chi connectivity index (χ2v) is 7.51. The van der Waals surface area contributed by atoms with E-state index in [2.05, 4.69) is 33.5 Å². The van der Waals surface area contributed by atoms with Gasteiger partial charge in [-0.1, -0.05) is 48.2 Å². The number of carbonyl (C=O) groups excluding carboxylic acids is 1. The molecule has 150 valence electrons. The number of thiocarbonyl (C=S) groups is 1. The van der Waals surface area contributed by atoms with Gasteiger partial charge < -0.3 is 14.8 Å². The molecule has 2 rings (SSSR count). The van der Waals surface area contributed by atoms with E-state index in [9.17, 15) is 4.79 Å². The van der Waals surface area contributed by atoms with Crippen LogP contribution in [0.4, 0.5) is 5.69 Å². The summed E-state index contributed by atoms with van der Waals surface area (Å²) in [6.07, 6.45) is 4.63. The molecule has 0 aliphatic heterocycles. The Labute approximate surface area is 179 Å². The third-order valence-electron chi connectivity index (χ3n) is 3.99. The summed E-state index contributed by atoms with van der Waals surface area (Å²) in [6, 6.07) is 12.7. The predicted octanol–water partition coefficient (Wildman–Crippen LogP) is 5.54. The zero-order valence-corrected chi connectivity index (χ0v) is 18.5. The van der Waals surface area contributed by atoms with Crippen LogP contribution in [-0.2, 0) is 0 Å². The van der Waals surface area contributed by atoms with Gasteiger partial charge in [-0.3, -0.25) is 10.1 Å². The Kier molecular flexibility index (Phi) is 9.23. The molecule has 2 aromatic rings. The van der Waals surface area contributed by atoms with Crippen molar-refractivity contribution in [2.75, 3.05) is 19.0 Å². The first kappa shape index (κ1) is 22.2. The van der Waals surface area contributed by atoms with E-state index in [0.29, 0.717) is 17.9 Å². The second kappa shape index (κ2) is 11.7. The number of methoxy groups -OCH3 is 1. The van der Waals surface area contributed by atoms with Crippen LogP contribution < -0.4 is 20.1 Å². The summed E-state index contributed by atoms with van der Waals surface area (Å²) in [7, 11) is 1.52. The van der Waals surface area contributed by atoms with Crippen LogP contribution in [0, 0.1) is 0 Å². The maximum absolute atomic E-state index is 12.5. The molecule has 0 fully saturated rings. The lowest BCUT2D eigenvalue weighted by atomic mass is 10.2. The number of nitrogens with one attached hydrogen (secondary N) is 2. The van der Waals surface area contributed by atoms with Gasteiger partial charge in [0.05, 0.1) is 19.3 Å². The summed E-state index contributed by atoms with van der Waals surface area (Å²) >= 11 is 8.62. The molecular formula is C21H25BrN2O3S. The van der Waals surface area contributed by atoms with Gasteiger partial charge in [-0.2, -0.15) is 0 Å². The molecule has 5 nitrogen and oxygen atoms in total. The van der Waals surface area contributed by atoms with E-state index in [4.69, 9.17) is 21.7 Å². The third kappa shape index (κ3) is 7.13. The quantitative estimate of drug-likeness (QED) is 0.376. The molecule has 0 radical (unpaired) electrons. The molecule has 0 heterocycles. The SMILES string of the molecule is CCCCCCOc1cccc(NC(=S)NC(=O)c2cc(Br)ccc2OC)c1. The van der Waals surface area contributed by atoms with Crippen LogP contribution in [0.15, 0.2) is 46.9 Å². The Hall–Kier alpha value is -2.12. The van der Waals surface area contributed by atoms with Crippen molar-refractivity contribution in [1.29, 1.82) is 0 Å². The number of rotatable bonds is 9. The van der Waals surface area contributed by atoms with Gasteiger partial charge in [-0.15, -0.1) is 0 Å². The van der Waals surface area contributed by atoms with Gasteiger partial charge in [0.15, 0.2) is 5.11 Å². The third-order valence-corrected chi connectivity index (χ3v) is 4.69. The van der Waals surface area contributed by atoms with E-state index in [0.717, 1.165) is 22.3 Å². The van der Waals surface area contributed by atoms with Crippen molar-refractivity contribution in [2.24, 2.45) is 0 Å². The van der Waals surface area contributed by atoms with Crippen LogP contribution in [0.5, 0.6) is 11.5 Å². The van der Waals surface area contributed by atoms with E-state index in [-0.39, 0.29) is 11.0 Å². The minimum absolute atomic E-state index is 0.201. The van der Waals surface area contributed by atoms with Crippen molar-refractivity contribution in [1.82, 2.24) is 5.32 Å². The average molecular weight is 465 g/mol. The number of hydrogen-bond donors (Lipinski definition) is 2. The van der Waals surface area contributed by atoms with Crippen molar-refractivity contribution >= 4 is 44.9 Å². The highest BCUT2D eigenvalue weighted by Gasteiger charge is 2.14. The van der Waals surface area contributed by atoms with Crippen LogP contribution in [0.25, 0.3) is 0 Å². The van der Waals surface area contributed by atoms with E-state index in [1.165, 1.54) is 26.4 Å². The maximum atomic E-state index is 12.5. The van der Waals surface area contributed by atoms with E-state index in [1.54, 1.807) is 18.2 Å². The molecule has 0 unspecified atom stereocenters. The average Bonchev–Trinajstić information content (AvgIpc) is 2.68. The molecule has 0 spiro atoms. The fourth-order valence-electron chi connectivity index (χ4n) is 2.57. The van der Waals surface area contributed by atoms with Crippen LogP contribution in [-0.4, -0.2) is 24.7 Å². The Bertz CT molecular complexity index is 814. The molecule has 0 saturated heterocycles. The smallest absolute Gasteiger partial charge is 0.261 e. The standard InChI is InChI=1S/C21H25BrN2O3S/c1-3-4-5-6-12-27-17-9-7-8-16(14-17)23-21(28)24-20(25)18-13-15(22)10-11-19(18)26-2/h7-11,13-14H,3-6,12H2,1-2H3,(H2,23,24,25,28). The number of anilines is 1. The maximum Gasteiger partial charge on any atom is 0.261 e. The van der Waals surface area contributed by atoms with Gasteiger partial charge >= 0.3 is 0 Å². The Morgan fingerprint density at radius 2 is 1.96 bits per heavy atom. The van der Waals surface area contributed by atoms with Crippen molar-refractivity contribution < 1.29 is 14.3 Å². The summed E-state index contributed by atoms with van der Waals surface area (Å²) < 4.78 is 11.8. The number of hydrogen-bond acceptors (Lipinski definition) is 4. The first-order valence-corrected chi connectivity index (χ1v) is 10.4. The Morgan fingerprint density at radius 3 is 2.71 bits per heavy atom. The normalized spacial score (nSPS) is 10.2. The molecule has 2 aromatic carbocycles. The van der Waals surface area contributed by atoms with E-state index in [1.807, 2.05) is 24.3 Å². The van der Waals surface area contributed by atoms with Gasteiger partial charge in [0.2, 0.25) is 0 Å². The molecule has 0 aliphatic carbocycles. The van der Waals surface area contributed by atoms with Crippen LogP contribution in [0.1, 0.15) is 43.0 Å². The highest BCUT2D eigenvalue weighted by molar-refractivity contribution is 9.10. The molecule has 0 atom stereocenters. The summed E-state index contributed by atoms with van der Waals surface area (Å²) in [4.78, 5) is 12.5. The predicted molar refractivity (Wildman–Crippen MR) is 120 cm³/mol. The molecule has 2 N–H and O–H groups in total. The number of ether oxygens (including phenoxy) is 2. The lowest BCUT2D eigenvalue weighted by molar-refractivity contribution is 0.0974. The number of halogens is 1. The molecule has 28 heavy (non-hydrogen) atoms. The Balaban J connectivity index is 1.91. The van der Waals surface area contributed by atoms with Crippen LogP contribution in [0.3, 0.4) is 0 Å². The second-order valence-electron chi connectivity index (χ2n) is 6.19. The number of amides is 1. The molecule has 7 heteroatoms. The molecular weight excluding hydrogens is 440 g/mol. The number of unbranched alkanes of at least 4 members (excludes halogenated alkanes) is 3. The van der Waals surface area contributed by atoms with Crippen molar-refractivity contribution in [2.45, 2.75) is 32.6 Å². The molecule has 0 bridgehead atoms. The highest BCUT2D eigenvalue weighted by Crippen LogP contribution is 2.23. The van der Waals surface area contributed by atoms with Gasteiger partial charge in [0.1, 0.15) is 11.5 Å². The Morgan fingerprint density at radius 1 is 1.14 bits per heavy atom. The van der Waals surface area contributed by atoms with Crippen molar-refractivity contribution in [3.63, 3.8) is 0 Å². The lowest BCUT2D eigenvalue weighted by Gasteiger charge is -2.13. The first-order chi connectivity index (χ1) is 13.5. The summed E-state index contributed by atoms with van der Waals surface area (Å²) in [5.41, 5.74) is 1.14. The van der Waals surface area contributed by atoms with Gasteiger partial charge in [0.25, 0.3) is 5.91 Å².